The Morgan fingerprint density at radius 2 is 1.80 bits per heavy atom. The Kier molecular flexibility index (Phi) is 2.26. The van der Waals surface area contributed by atoms with E-state index in [9.17, 15) is 4.79 Å². The Balaban J connectivity index is 2.53. The van der Waals surface area contributed by atoms with E-state index in [1.54, 1.807) is 32.2 Å². The van der Waals surface area contributed by atoms with Gasteiger partial charge >= 0.3 is 0 Å². The van der Waals surface area contributed by atoms with Crippen molar-refractivity contribution >= 4 is 5.91 Å². The van der Waals surface area contributed by atoms with Crippen LogP contribution in [0.15, 0.2) is 12.1 Å². The van der Waals surface area contributed by atoms with Gasteiger partial charge in [-0.3, -0.25) is 4.79 Å². The number of benzene rings is 1. The zero-order valence-electron chi connectivity index (χ0n) is 9.03. The molecule has 80 valence electrons. The molecule has 2 rings (SSSR count). The van der Waals surface area contributed by atoms with E-state index in [0.717, 1.165) is 5.56 Å². The molecular formula is C11H13NO3. The van der Waals surface area contributed by atoms with Crippen LogP contribution in [0.2, 0.25) is 0 Å². The minimum atomic E-state index is 0.0333. The third kappa shape index (κ3) is 1.42. The summed E-state index contributed by atoms with van der Waals surface area (Å²) in [5, 5.41) is 0. The molecular weight excluding hydrogens is 194 g/mol. The fourth-order valence-corrected chi connectivity index (χ4v) is 1.78. The highest BCUT2D eigenvalue weighted by Crippen LogP contribution is 2.34. The number of carbonyl (C=O) groups is 1. The molecule has 4 nitrogen and oxygen atoms in total. The number of amides is 1. The van der Waals surface area contributed by atoms with Gasteiger partial charge in [-0.25, -0.2) is 0 Å². The molecule has 0 bridgehead atoms. The third-order valence-electron chi connectivity index (χ3n) is 2.59. The van der Waals surface area contributed by atoms with E-state index in [0.29, 0.717) is 23.6 Å². The van der Waals surface area contributed by atoms with Crippen molar-refractivity contribution < 1.29 is 14.3 Å². The number of nitrogens with zero attached hydrogens (tertiary/aromatic N) is 1. The van der Waals surface area contributed by atoms with Crippen LogP contribution in [0.5, 0.6) is 11.5 Å². The summed E-state index contributed by atoms with van der Waals surface area (Å²) in [5.74, 6) is 1.30. The molecule has 1 aromatic carbocycles. The van der Waals surface area contributed by atoms with E-state index in [1.807, 2.05) is 6.07 Å². The van der Waals surface area contributed by atoms with Gasteiger partial charge in [0.2, 0.25) is 0 Å². The summed E-state index contributed by atoms with van der Waals surface area (Å²) < 4.78 is 10.3. The van der Waals surface area contributed by atoms with Crippen molar-refractivity contribution in [2.75, 3.05) is 21.3 Å². The Morgan fingerprint density at radius 1 is 1.20 bits per heavy atom. The summed E-state index contributed by atoms with van der Waals surface area (Å²) in [7, 11) is 4.93. The lowest BCUT2D eigenvalue weighted by molar-refractivity contribution is 0.0816. The predicted octanol–water partition coefficient (Wildman–Crippen LogP) is 1.29. The lowest BCUT2D eigenvalue weighted by Gasteiger charge is -2.08. The third-order valence-corrected chi connectivity index (χ3v) is 2.59. The lowest BCUT2D eigenvalue weighted by Crippen LogP contribution is -2.17. The Hall–Kier alpha value is -1.71. The van der Waals surface area contributed by atoms with Gasteiger partial charge in [0.1, 0.15) is 0 Å². The molecule has 0 saturated heterocycles. The molecule has 0 saturated carbocycles. The largest absolute Gasteiger partial charge is 0.493 e. The number of fused-ring (bicyclic) bond motifs is 1. The van der Waals surface area contributed by atoms with Crippen molar-refractivity contribution in [1.82, 2.24) is 4.90 Å². The zero-order valence-corrected chi connectivity index (χ0v) is 9.03. The molecule has 0 N–H and O–H groups in total. The van der Waals surface area contributed by atoms with E-state index >= 15 is 0 Å². The van der Waals surface area contributed by atoms with Crippen molar-refractivity contribution in [3.63, 3.8) is 0 Å². The minimum absolute atomic E-state index is 0.0333. The minimum Gasteiger partial charge on any atom is -0.493 e. The van der Waals surface area contributed by atoms with Crippen LogP contribution in [0.3, 0.4) is 0 Å². The summed E-state index contributed by atoms with van der Waals surface area (Å²) in [5.41, 5.74) is 1.69. The molecule has 15 heavy (non-hydrogen) atoms. The maximum Gasteiger partial charge on any atom is 0.254 e. The van der Waals surface area contributed by atoms with Crippen molar-refractivity contribution in [2.24, 2.45) is 0 Å². The van der Waals surface area contributed by atoms with Crippen LogP contribution in [0.25, 0.3) is 0 Å². The predicted molar refractivity (Wildman–Crippen MR) is 55.3 cm³/mol. The quantitative estimate of drug-likeness (QED) is 0.733. The first-order chi connectivity index (χ1) is 7.17. The molecule has 4 heteroatoms. The van der Waals surface area contributed by atoms with Crippen LogP contribution in [0.4, 0.5) is 0 Å². The highest BCUT2D eigenvalue weighted by Gasteiger charge is 2.26. The molecule has 1 amide bonds. The van der Waals surface area contributed by atoms with E-state index < -0.39 is 0 Å². The van der Waals surface area contributed by atoms with E-state index in [1.165, 1.54) is 0 Å². The Morgan fingerprint density at radius 3 is 2.40 bits per heavy atom. The number of ether oxygens (including phenoxy) is 2. The van der Waals surface area contributed by atoms with Gasteiger partial charge in [0, 0.05) is 19.2 Å². The summed E-state index contributed by atoms with van der Waals surface area (Å²) >= 11 is 0. The highest BCUT2D eigenvalue weighted by molar-refractivity contribution is 5.98. The number of carbonyl (C=O) groups excluding carboxylic acids is 1. The second-order valence-corrected chi connectivity index (χ2v) is 3.53. The van der Waals surface area contributed by atoms with E-state index in [2.05, 4.69) is 0 Å². The van der Waals surface area contributed by atoms with Gasteiger partial charge in [-0.1, -0.05) is 0 Å². The standard InChI is InChI=1S/C11H13NO3/c1-12-6-7-4-9(14-2)10(15-3)5-8(7)11(12)13/h4-5H,6H2,1-3H3. The molecule has 0 radical (unpaired) electrons. The number of rotatable bonds is 2. The van der Waals surface area contributed by atoms with Crippen LogP contribution >= 0.6 is 0 Å². The molecule has 0 fully saturated rings. The van der Waals surface area contributed by atoms with Gasteiger partial charge in [0.15, 0.2) is 11.5 Å². The molecule has 0 unspecified atom stereocenters. The van der Waals surface area contributed by atoms with Crippen LogP contribution < -0.4 is 9.47 Å². The van der Waals surface area contributed by atoms with Crippen molar-refractivity contribution in [2.45, 2.75) is 6.54 Å². The number of methoxy groups -OCH3 is 2. The van der Waals surface area contributed by atoms with Gasteiger partial charge in [-0.2, -0.15) is 0 Å². The lowest BCUT2D eigenvalue weighted by atomic mass is 10.1. The summed E-state index contributed by atoms with van der Waals surface area (Å²) in [6.45, 7) is 0.633. The van der Waals surface area contributed by atoms with Gasteiger partial charge in [0.05, 0.1) is 14.2 Å². The number of hydrogen-bond donors (Lipinski definition) is 0. The molecule has 1 heterocycles. The van der Waals surface area contributed by atoms with Crippen molar-refractivity contribution in [3.05, 3.63) is 23.3 Å². The molecule has 0 aliphatic carbocycles. The van der Waals surface area contributed by atoms with Crippen molar-refractivity contribution in [1.29, 1.82) is 0 Å². The average Bonchev–Trinajstić information content (AvgIpc) is 2.53. The topological polar surface area (TPSA) is 38.8 Å². The second-order valence-electron chi connectivity index (χ2n) is 3.53. The number of hydrogen-bond acceptors (Lipinski definition) is 3. The first kappa shape index (κ1) is 9.83. The molecule has 1 aliphatic rings. The van der Waals surface area contributed by atoms with Crippen LogP contribution in [-0.2, 0) is 6.54 Å². The normalized spacial score (nSPS) is 14.1. The fraction of sp³-hybridized carbons (Fsp3) is 0.364. The van der Waals surface area contributed by atoms with Gasteiger partial charge in [-0.15, -0.1) is 0 Å². The summed E-state index contributed by atoms with van der Waals surface area (Å²) in [4.78, 5) is 13.4. The fourth-order valence-electron chi connectivity index (χ4n) is 1.78. The summed E-state index contributed by atoms with van der Waals surface area (Å²) in [6, 6.07) is 3.59. The Labute approximate surface area is 88.4 Å². The second kappa shape index (κ2) is 3.46. The molecule has 1 aromatic rings. The molecule has 1 aliphatic heterocycles. The molecule has 0 atom stereocenters. The highest BCUT2D eigenvalue weighted by atomic mass is 16.5. The SMILES string of the molecule is COc1cc2c(cc1OC)C(=O)N(C)C2. The maximum atomic E-state index is 11.7. The first-order valence-corrected chi connectivity index (χ1v) is 4.67. The van der Waals surface area contributed by atoms with Gasteiger partial charge in [-0.05, 0) is 17.7 Å². The Bertz CT molecular complexity index is 415. The van der Waals surface area contributed by atoms with Crippen LogP contribution in [0, 0.1) is 0 Å². The van der Waals surface area contributed by atoms with Crippen LogP contribution in [0.1, 0.15) is 15.9 Å². The molecule has 0 aromatic heterocycles. The van der Waals surface area contributed by atoms with Gasteiger partial charge in [0.25, 0.3) is 5.91 Å². The zero-order chi connectivity index (χ0) is 11.0. The summed E-state index contributed by atoms with van der Waals surface area (Å²) in [6.07, 6.45) is 0. The molecule has 0 spiro atoms. The van der Waals surface area contributed by atoms with E-state index in [-0.39, 0.29) is 5.91 Å². The average molecular weight is 207 g/mol. The monoisotopic (exact) mass is 207 g/mol. The van der Waals surface area contributed by atoms with Crippen molar-refractivity contribution in [3.8, 4) is 11.5 Å². The maximum absolute atomic E-state index is 11.7. The van der Waals surface area contributed by atoms with Crippen LogP contribution in [-0.4, -0.2) is 32.1 Å². The first-order valence-electron chi connectivity index (χ1n) is 4.67. The smallest absolute Gasteiger partial charge is 0.254 e. The van der Waals surface area contributed by atoms with E-state index in [4.69, 9.17) is 9.47 Å². The van der Waals surface area contributed by atoms with Gasteiger partial charge < -0.3 is 14.4 Å².